The SMILES string of the molecule is NNC(Cc1c(F)cccc1Cl)c1cc(Cl)cnc1N. The van der Waals surface area contributed by atoms with E-state index in [4.69, 9.17) is 34.8 Å². The van der Waals surface area contributed by atoms with Crippen molar-refractivity contribution < 1.29 is 4.39 Å². The van der Waals surface area contributed by atoms with E-state index in [1.54, 1.807) is 18.2 Å². The highest BCUT2D eigenvalue weighted by atomic mass is 35.5. The fourth-order valence-corrected chi connectivity index (χ4v) is 2.34. The summed E-state index contributed by atoms with van der Waals surface area (Å²) in [6.45, 7) is 0. The van der Waals surface area contributed by atoms with Gasteiger partial charge in [0.1, 0.15) is 11.6 Å². The second kappa shape index (κ2) is 6.37. The maximum Gasteiger partial charge on any atom is 0.128 e. The van der Waals surface area contributed by atoms with Crippen LogP contribution in [-0.4, -0.2) is 4.98 Å². The molecular formula is C13H13Cl2FN4. The standard InChI is InChI=1S/C13H13Cl2FN4/c14-7-4-9(13(17)19-6-7)12(20-18)5-8-10(15)2-1-3-11(8)16/h1-4,6,12,20H,5,18H2,(H2,17,19). The molecule has 0 aliphatic heterocycles. The second-order valence-electron chi connectivity index (χ2n) is 4.25. The Balaban J connectivity index is 2.36. The first-order valence-corrected chi connectivity index (χ1v) is 6.58. The van der Waals surface area contributed by atoms with Crippen LogP contribution in [0.15, 0.2) is 30.5 Å². The zero-order valence-electron chi connectivity index (χ0n) is 10.4. The lowest BCUT2D eigenvalue weighted by Crippen LogP contribution is -2.30. The van der Waals surface area contributed by atoms with Crippen molar-refractivity contribution in [3.63, 3.8) is 0 Å². The minimum absolute atomic E-state index is 0.230. The lowest BCUT2D eigenvalue weighted by Gasteiger charge is -2.19. The monoisotopic (exact) mass is 314 g/mol. The summed E-state index contributed by atoms with van der Waals surface area (Å²) in [5.74, 6) is 5.42. The van der Waals surface area contributed by atoms with Crippen LogP contribution in [0.3, 0.4) is 0 Å². The van der Waals surface area contributed by atoms with E-state index in [0.29, 0.717) is 21.2 Å². The molecule has 1 atom stereocenters. The first-order chi connectivity index (χ1) is 9.52. The van der Waals surface area contributed by atoms with Gasteiger partial charge < -0.3 is 5.73 Å². The van der Waals surface area contributed by atoms with Crippen molar-refractivity contribution >= 4 is 29.0 Å². The van der Waals surface area contributed by atoms with Gasteiger partial charge in [-0.15, -0.1) is 0 Å². The van der Waals surface area contributed by atoms with E-state index in [1.165, 1.54) is 12.3 Å². The number of hydrazine groups is 1. The number of nitrogens with zero attached hydrogens (tertiary/aromatic N) is 1. The quantitative estimate of drug-likeness (QED) is 0.599. The lowest BCUT2D eigenvalue weighted by atomic mass is 9.99. The first kappa shape index (κ1) is 15.0. The number of aromatic nitrogens is 1. The van der Waals surface area contributed by atoms with Gasteiger partial charge in [0.2, 0.25) is 0 Å². The Bertz CT molecular complexity index is 601. The largest absolute Gasteiger partial charge is 0.383 e. The van der Waals surface area contributed by atoms with Crippen LogP contribution in [0, 0.1) is 5.82 Å². The van der Waals surface area contributed by atoms with E-state index in [9.17, 15) is 4.39 Å². The highest BCUT2D eigenvalue weighted by Gasteiger charge is 2.18. The Morgan fingerprint density at radius 3 is 2.75 bits per heavy atom. The molecule has 1 aromatic carbocycles. The van der Waals surface area contributed by atoms with Gasteiger partial charge in [0.15, 0.2) is 0 Å². The Morgan fingerprint density at radius 1 is 1.35 bits per heavy atom. The third kappa shape index (κ3) is 3.19. The number of hydrogen-bond acceptors (Lipinski definition) is 4. The third-order valence-corrected chi connectivity index (χ3v) is 3.52. The summed E-state index contributed by atoms with van der Waals surface area (Å²) in [6.07, 6.45) is 1.66. The average Bonchev–Trinajstić information content (AvgIpc) is 2.42. The Morgan fingerprint density at radius 2 is 2.10 bits per heavy atom. The molecule has 0 amide bonds. The van der Waals surface area contributed by atoms with Crippen LogP contribution < -0.4 is 17.0 Å². The third-order valence-electron chi connectivity index (χ3n) is 2.96. The van der Waals surface area contributed by atoms with Gasteiger partial charge in [-0.05, 0) is 24.6 Å². The van der Waals surface area contributed by atoms with Crippen LogP contribution in [0.5, 0.6) is 0 Å². The summed E-state index contributed by atoms with van der Waals surface area (Å²) < 4.78 is 13.8. The van der Waals surface area contributed by atoms with Gasteiger partial charge in [0.05, 0.1) is 11.1 Å². The zero-order chi connectivity index (χ0) is 14.7. The van der Waals surface area contributed by atoms with Crippen LogP contribution in [-0.2, 0) is 6.42 Å². The molecule has 0 saturated carbocycles. The van der Waals surface area contributed by atoms with Crippen LogP contribution >= 0.6 is 23.2 Å². The molecule has 1 unspecified atom stereocenters. The van der Waals surface area contributed by atoms with Crippen LogP contribution in [0.2, 0.25) is 10.0 Å². The molecule has 4 nitrogen and oxygen atoms in total. The molecule has 0 aliphatic carbocycles. The molecule has 0 spiro atoms. The van der Waals surface area contributed by atoms with Crippen LogP contribution in [0.4, 0.5) is 10.2 Å². The molecule has 0 radical (unpaired) electrons. The molecule has 1 aromatic heterocycles. The smallest absolute Gasteiger partial charge is 0.128 e. The van der Waals surface area contributed by atoms with E-state index in [2.05, 4.69) is 10.4 Å². The normalized spacial score (nSPS) is 12.4. The van der Waals surface area contributed by atoms with Crippen molar-refractivity contribution in [3.8, 4) is 0 Å². The molecule has 1 heterocycles. The number of halogens is 3. The highest BCUT2D eigenvalue weighted by molar-refractivity contribution is 6.31. The Labute approximate surface area is 125 Å². The van der Waals surface area contributed by atoms with Crippen LogP contribution in [0.25, 0.3) is 0 Å². The fourth-order valence-electron chi connectivity index (χ4n) is 1.93. The second-order valence-corrected chi connectivity index (χ2v) is 5.10. The summed E-state index contributed by atoms with van der Waals surface area (Å²) in [4.78, 5) is 3.96. The summed E-state index contributed by atoms with van der Waals surface area (Å²) in [7, 11) is 0. The zero-order valence-corrected chi connectivity index (χ0v) is 11.9. The molecule has 0 fully saturated rings. The van der Waals surface area contributed by atoms with Gasteiger partial charge in [-0.25, -0.2) is 9.37 Å². The fraction of sp³-hybridized carbons (Fsp3) is 0.154. The molecule has 106 valence electrons. The Kier molecular flexibility index (Phi) is 4.77. The van der Waals surface area contributed by atoms with Crippen LogP contribution in [0.1, 0.15) is 17.2 Å². The molecule has 0 aliphatic rings. The van der Waals surface area contributed by atoms with Crippen molar-refractivity contribution in [2.75, 3.05) is 5.73 Å². The van der Waals surface area contributed by atoms with Crippen molar-refractivity contribution in [3.05, 3.63) is 57.5 Å². The maximum atomic E-state index is 13.8. The predicted octanol–water partition coefficient (Wildman–Crippen LogP) is 2.86. The molecular weight excluding hydrogens is 302 g/mol. The van der Waals surface area contributed by atoms with E-state index in [1.807, 2.05) is 0 Å². The van der Waals surface area contributed by atoms with Crippen molar-refractivity contribution in [1.29, 1.82) is 0 Å². The van der Waals surface area contributed by atoms with E-state index < -0.39 is 11.9 Å². The molecule has 2 rings (SSSR count). The molecule has 5 N–H and O–H groups in total. The number of nitrogens with two attached hydrogens (primary N) is 2. The number of hydrogen-bond donors (Lipinski definition) is 3. The number of nitrogen functional groups attached to an aromatic ring is 1. The molecule has 20 heavy (non-hydrogen) atoms. The van der Waals surface area contributed by atoms with Gasteiger partial charge in [-0.1, -0.05) is 29.3 Å². The summed E-state index contributed by atoms with van der Waals surface area (Å²) in [5, 5.41) is 0.757. The van der Waals surface area contributed by atoms with Crippen molar-refractivity contribution in [2.45, 2.75) is 12.5 Å². The first-order valence-electron chi connectivity index (χ1n) is 5.83. The topological polar surface area (TPSA) is 77.0 Å². The number of nitrogens with one attached hydrogen (secondary N) is 1. The molecule has 2 aromatic rings. The number of anilines is 1. The lowest BCUT2D eigenvalue weighted by molar-refractivity contribution is 0.529. The molecule has 0 saturated heterocycles. The minimum Gasteiger partial charge on any atom is -0.383 e. The summed E-state index contributed by atoms with van der Waals surface area (Å²) in [5.41, 5.74) is 9.34. The van der Waals surface area contributed by atoms with E-state index in [-0.39, 0.29) is 12.2 Å². The van der Waals surface area contributed by atoms with Gasteiger partial charge in [-0.2, -0.15) is 0 Å². The Hall–Kier alpha value is -1.40. The van der Waals surface area contributed by atoms with Gasteiger partial charge in [0, 0.05) is 22.3 Å². The molecule has 0 bridgehead atoms. The number of benzene rings is 1. The van der Waals surface area contributed by atoms with Crippen molar-refractivity contribution in [2.24, 2.45) is 5.84 Å². The average molecular weight is 315 g/mol. The van der Waals surface area contributed by atoms with E-state index >= 15 is 0 Å². The van der Waals surface area contributed by atoms with Gasteiger partial charge >= 0.3 is 0 Å². The molecule has 7 heteroatoms. The summed E-state index contributed by atoms with van der Waals surface area (Å²) >= 11 is 11.9. The minimum atomic E-state index is -0.449. The summed E-state index contributed by atoms with van der Waals surface area (Å²) in [6, 6.07) is 5.70. The predicted molar refractivity (Wildman–Crippen MR) is 78.8 cm³/mol. The van der Waals surface area contributed by atoms with Crippen molar-refractivity contribution in [1.82, 2.24) is 10.4 Å². The van der Waals surface area contributed by atoms with E-state index in [0.717, 1.165) is 0 Å². The number of pyridine rings is 1. The van der Waals surface area contributed by atoms with Gasteiger partial charge in [0.25, 0.3) is 0 Å². The number of rotatable bonds is 4. The van der Waals surface area contributed by atoms with Gasteiger partial charge in [-0.3, -0.25) is 11.3 Å². The highest BCUT2D eigenvalue weighted by Crippen LogP contribution is 2.28. The maximum absolute atomic E-state index is 13.8.